The number of ether oxygens (including phenoxy) is 1. The number of aromatic nitrogens is 1. The first-order chi connectivity index (χ1) is 9.34. The maximum atomic E-state index is 5.49. The van der Waals surface area contributed by atoms with Crippen LogP contribution in [-0.4, -0.2) is 31.7 Å². The van der Waals surface area contributed by atoms with Crippen molar-refractivity contribution in [3.8, 4) is 5.75 Å². The lowest BCUT2D eigenvalue weighted by Gasteiger charge is -2.34. The van der Waals surface area contributed by atoms with Gasteiger partial charge < -0.3 is 20.4 Å². The Bertz CT molecular complexity index is 626. The first-order valence-corrected chi connectivity index (χ1v) is 6.98. The highest BCUT2D eigenvalue weighted by Gasteiger charge is 2.41. The number of hydrogen-bond acceptors (Lipinski definition) is 3. The molecule has 0 saturated carbocycles. The third-order valence-corrected chi connectivity index (χ3v) is 4.60. The summed E-state index contributed by atoms with van der Waals surface area (Å²) in [6.07, 6.45) is 2.24. The molecule has 2 aliphatic heterocycles. The maximum absolute atomic E-state index is 5.49. The molecule has 4 nitrogen and oxygen atoms in total. The summed E-state index contributed by atoms with van der Waals surface area (Å²) in [5, 5.41) is 8.52. The molecule has 1 unspecified atom stereocenters. The van der Waals surface area contributed by atoms with E-state index >= 15 is 0 Å². The van der Waals surface area contributed by atoms with Gasteiger partial charge in [-0.2, -0.15) is 0 Å². The summed E-state index contributed by atoms with van der Waals surface area (Å²) in [5.41, 5.74) is 4.07. The molecule has 19 heavy (non-hydrogen) atoms. The summed E-state index contributed by atoms with van der Waals surface area (Å²) >= 11 is 0. The molecule has 4 rings (SSSR count). The average Bonchev–Trinajstić information content (AvgIpc) is 3.05. The number of aromatic amines is 1. The Balaban J connectivity index is 1.99. The molecule has 3 N–H and O–H groups in total. The van der Waals surface area contributed by atoms with Crippen LogP contribution in [0.15, 0.2) is 18.2 Å². The summed E-state index contributed by atoms with van der Waals surface area (Å²) in [6.45, 7) is 3.15. The van der Waals surface area contributed by atoms with E-state index in [1.54, 1.807) is 7.11 Å². The normalized spacial score (nSPS) is 25.9. The monoisotopic (exact) mass is 257 g/mol. The molecule has 3 heterocycles. The fraction of sp³-hybridized carbons (Fsp3) is 0.467. The number of para-hydroxylation sites is 1. The van der Waals surface area contributed by atoms with Crippen molar-refractivity contribution in [3.63, 3.8) is 0 Å². The van der Waals surface area contributed by atoms with E-state index in [4.69, 9.17) is 4.74 Å². The minimum absolute atomic E-state index is 0.0949. The molecule has 2 aliphatic rings. The van der Waals surface area contributed by atoms with Crippen LogP contribution < -0.4 is 15.4 Å². The first kappa shape index (κ1) is 11.3. The van der Waals surface area contributed by atoms with Gasteiger partial charge in [-0.15, -0.1) is 0 Å². The highest BCUT2D eigenvalue weighted by Crippen LogP contribution is 2.39. The molecule has 0 amide bonds. The predicted molar refractivity (Wildman–Crippen MR) is 75.7 cm³/mol. The molecule has 2 aromatic rings. The van der Waals surface area contributed by atoms with E-state index < -0.39 is 0 Å². The SMILES string of the molecule is COc1cccc2c3c([nH]c12)C1(CCNC1)NCC3. The number of methoxy groups -OCH3 is 1. The van der Waals surface area contributed by atoms with Crippen LogP contribution in [0.1, 0.15) is 17.7 Å². The third kappa shape index (κ3) is 1.47. The molecule has 1 aromatic carbocycles. The van der Waals surface area contributed by atoms with Crippen LogP contribution in [0.3, 0.4) is 0 Å². The zero-order valence-electron chi connectivity index (χ0n) is 11.2. The van der Waals surface area contributed by atoms with Crippen LogP contribution in [0, 0.1) is 0 Å². The fourth-order valence-electron chi connectivity index (χ4n) is 3.66. The largest absolute Gasteiger partial charge is 0.495 e. The smallest absolute Gasteiger partial charge is 0.142 e. The highest BCUT2D eigenvalue weighted by atomic mass is 16.5. The minimum Gasteiger partial charge on any atom is -0.495 e. The molecule has 1 aromatic heterocycles. The first-order valence-electron chi connectivity index (χ1n) is 6.98. The molecule has 1 atom stereocenters. The lowest BCUT2D eigenvalue weighted by Crippen LogP contribution is -2.48. The van der Waals surface area contributed by atoms with E-state index in [9.17, 15) is 0 Å². The average molecular weight is 257 g/mol. The van der Waals surface area contributed by atoms with Crippen LogP contribution >= 0.6 is 0 Å². The molecule has 1 spiro atoms. The summed E-state index contributed by atoms with van der Waals surface area (Å²) in [5.74, 6) is 0.938. The molecule has 1 fully saturated rings. The van der Waals surface area contributed by atoms with E-state index in [1.165, 1.54) is 16.6 Å². The van der Waals surface area contributed by atoms with Gasteiger partial charge in [-0.25, -0.2) is 0 Å². The van der Waals surface area contributed by atoms with Gasteiger partial charge in [0.2, 0.25) is 0 Å². The standard InChI is InChI=1S/C15H19N3O/c1-19-12-4-2-3-10-11-5-7-17-15(6-8-16-9-15)14(11)18-13(10)12/h2-4,16-18H,5-9H2,1H3. The Hall–Kier alpha value is -1.52. The number of H-pyrrole nitrogens is 1. The number of hydrogen-bond donors (Lipinski definition) is 3. The van der Waals surface area contributed by atoms with Crippen molar-refractivity contribution in [2.45, 2.75) is 18.4 Å². The molecule has 0 radical (unpaired) electrons. The summed E-state index contributed by atoms with van der Waals surface area (Å²) < 4.78 is 5.49. The van der Waals surface area contributed by atoms with Crippen LogP contribution in [-0.2, 0) is 12.0 Å². The van der Waals surface area contributed by atoms with Crippen molar-refractivity contribution in [1.82, 2.24) is 15.6 Å². The van der Waals surface area contributed by atoms with E-state index in [-0.39, 0.29) is 5.54 Å². The maximum Gasteiger partial charge on any atom is 0.142 e. The minimum atomic E-state index is 0.0949. The second-order valence-electron chi connectivity index (χ2n) is 5.55. The quantitative estimate of drug-likeness (QED) is 0.726. The van der Waals surface area contributed by atoms with Crippen molar-refractivity contribution in [3.05, 3.63) is 29.5 Å². The highest BCUT2D eigenvalue weighted by molar-refractivity contribution is 5.90. The molecule has 0 aliphatic carbocycles. The molecule has 1 saturated heterocycles. The second kappa shape index (κ2) is 3.99. The fourth-order valence-corrected chi connectivity index (χ4v) is 3.66. The van der Waals surface area contributed by atoms with Gasteiger partial charge in [-0.05, 0) is 31.0 Å². The Morgan fingerprint density at radius 3 is 3.00 bits per heavy atom. The Labute approximate surface area is 112 Å². The molecule has 100 valence electrons. The summed E-state index contributed by atoms with van der Waals surface area (Å²) in [6, 6.07) is 6.31. The Morgan fingerprint density at radius 2 is 2.21 bits per heavy atom. The zero-order chi connectivity index (χ0) is 12.9. The Morgan fingerprint density at radius 1 is 1.26 bits per heavy atom. The molecule has 0 bridgehead atoms. The number of rotatable bonds is 1. The molecular weight excluding hydrogens is 238 g/mol. The molecule has 4 heteroatoms. The Kier molecular flexibility index (Phi) is 2.37. The lowest BCUT2D eigenvalue weighted by molar-refractivity contribution is 0.339. The summed E-state index contributed by atoms with van der Waals surface area (Å²) in [4.78, 5) is 3.64. The lowest BCUT2D eigenvalue weighted by atomic mass is 9.86. The zero-order valence-corrected chi connectivity index (χ0v) is 11.2. The van der Waals surface area contributed by atoms with Crippen molar-refractivity contribution >= 4 is 10.9 Å². The van der Waals surface area contributed by atoms with Gasteiger partial charge in [-0.1, -0.05) is 12.1 Å². The number of benzene rings is 1. The van der Waals surface area contributed by atoms with E-state index in [0.717, 1.165) is 43.7 Å². The van der Waals surface area contributed by atoms with Gasteiger partial charge >= 0.3 is 0 Å². The van der Waals surface area contributed by atoms with Gasteiger partial charge in [0.15, 0.2) is 0 Å². The van der Waals surface area contributed by atoms with Gasteiger partial charge in [0, 0.05) is 24.2 Å². The van der Waals surface area contributed by atoms with Crippen LogP contribution in [0.25, 0.3) is 10.9 Å². The van der Waals surface area contributed by atoms with Gasteiger partial charge in [0.05, 0.1) is 18.2 Å². The van der Waals surface area contributed by atoms with Gasteiger partial charge in [0.25, 0.3) is 0 Å². The predicted octanol–water partition coefficient (Wildman–Crippen LogP) is 1.51. The van der Waals surface area contributed by atoms with Gasteiger partial charge in [-0.3, -0.25) is 0 Å². The van der Waals surface area contributed by atoms with Crippen LogP contribution in [0.5, 0.6) is 5.75 Å². The van der Waals surface area contributed by atoms with Crippen LogP contribution in [0.4, 0.5) is 0 Å². The van der Waals surface area contributed by atoms with E-state index in [1.807, 2.05) is 6.07 Å². The topological polar surface area (TPSA) is 49.1 Å². The van der Waals surface area contributed by atoms with Crippen molar-refractivity contribution in [2.24, 2.45) is 0 Å². The number of fused-ring (bicyclic) bond motifs is 4. The van der Waals surface area contributed by atoms with Gasteiger partial charge in [0.1, 0.15) is 5.75 Å². The number of nitrogens with one attached hydrogen (secondary N) is 3. The van der Waals surface area contributed by atoms with Crippen LogP contribution in [0.2, 0.25) is 0 Å². The van der Waals surface area contributed by atoms with E-state index in [0.29, 0.717) is 0 Å². The second-order valence-corrected chi connectivity index (χ2v) is 5.55. The van der Waals surface area contributed by atoms with Crippen molar-refractivity contribution < 1.29 is 4.74 Å². The third-order valence-electron chi connectivity index (χ3n) is 4.60. The van der Waals surface area contributed by atoms with Crippen molar-refractivity contribution in [2.75, 3.05) is 26.7 Å². The van der Waals surface area contributed by atoms with Crippen molar-refractivity contribution in [1.29, 1.82) is 0 Å². The summed E-state index contributed by atoms with van der Waals surface area (Å²) in [7, 11) is 1.74. The van der Waals surface area contributed by atoms with E-state index in [2.05, 4.69) is 27.8 Å². The molecular formula is C15H19N3O.